The highest BCUT2D eigenvalue weighted by Crippen LogP contribution is 2.18. The number of tetrazole rings is 1. The van der Waals surface area contributed by atoms with E-state index in [1.807, 2.05) is 24.3 Å². The first-order valence-electron chi connectivity index (χ1n) is 5.93. The molecule has 0 spiro atoms. The predicted octanol–water partition coefficient (Wildman–Crippen LogP) is 0.483. The van der Waals surface area contributed by atoms with E-state index in [1.54, 1.807) is 4.68 Å². The highest BCUT2D eigenvalue weighted by molar-refractivity contribution is 5.79. The van der Waals surface area contributed by atoms with Gasteiger partial charge in [-0.1, -0.05) is 12.1 Å². The molecule has 92 valence electrons. The number of benzene rings is 1. The molecule has 6 nitrogen and oxygen atoms in total. The molecule has 3 rings (SSSR count). The molecule has 1 fully saturated rings. The number of nitrogens with one attached hydrogen (secondary N) is 1. The SMILES string of the molecule is O=C(Cc1ccc(-n2cnnn2)cc1)NC1CC1. The van der Waals surface area contributed by atoms with E-state index in [1.165, 1.54) is 6.33 Å². The summed E-state index contributed by atoms with van der Waals surface area (Å²) in [6.45, 7) is 0. The number of amides is 1. The van der Waals surface area contributed by atoms with Crippen molar-refractivity contribution in [1.29, 1.82) is 0 Å². The van der Waals surface area contributed by atoms with Crippen molar-refractivity contribution in [1.82, 2.24) is 25.5 Å². The van der Waals surface area contributed by atoms with Crippen LogP contribution in [-0.2, 0) is 11.2 Å². The van der Waals surface area contributed by atoms with Crippen LogP contribution in [0.25, 0.3) is 5.69 Å². The number of aromatic nitrogens is 4. The molecule has 0 unspecified atom stereocenters. The smallest absolute Gasteiger partial charge is 0.224 e. The van der Waals surface area contributed by atoms with Gasteiger partial charge in [0.25, 0.3) is 0 Å². The quantitative estimate of drug-likeness (QED) is 0.848. The van der Waals surface area contributed by atoms with Crippen LogP contribution in [0.2, 0.25) is 0 Å². The van der Waals surface area contributed by atoms with E-state index in [2.05, 4.69) is 20.8 Å². The Hall–Kier alpha value is -2.24. The fraction of sp³-hybridized carbons (Fsp3) is 0.333. The van der Waals surface area contributed by atoms with Crippen molar-refractivity contribution in [3.63, 3.8) is 0 Å². The normalized spacial score (nSPS) is 14.4. The Labute approximate surface area is 104 Å². The molecule has 1 saturated carbocycles. The first kappa shape index (κ1) is 10.9. The topological polar surface area (TPSA) is 72.7 Å². The van der Waals surface area contributed by atoms with Gasteiger partial charge in [-0.05, 0) is 41.0 Å². The van der Waals surface area contributed by atoms with Crippen LogP contribution in [0.5, 0.6) is 0 Å². The molecule has 1 amide bonds. The van der Waals surface area contributed by atoms with Gasteiger partial charge in [0.15, 0.2) is 0 Å². The lowest BCUT2D eigenvalue weighted by molar-refractivity contribution is -0.120. The van der Waals surface area contributed by atoms with Gasteiger partial charge in [0, 0.05) is 6.04 Å². The van der Waals surface area contributed by atoms with E-state index in [4.69, 9.17) is 0 Å². The van der Waals surface area contributed by atoms with Crippen molar-refractivity contribution < 1.29 is 4.79 Å². The molecule has 1 aromatic carbocycles. The Bertz CT molecular complexity index is 530. The van der Waals surface area contributed by atoms with Crippen LogP contribution in [0.1, 0.15) is 18.4 Å². The fourth-order valence-electron chi connectivity index (χ4n) is 1.74. The third kappa shape index (κ3) is 2.53. The van der Waals surface area contributed by atoms with Gasteiger partial charge in [0.2, 0.25) is 5.91 Å². The van der Waals surface area contributed by atoms with Gasteiger partial charge >= 0.3 is 0 Å². The van der Waals surface area contributed by atoms with Crippen LogP contribution in [-0.4, -0.2) is 32.2 Å². The molecule has 0 saturated heterocycles. The summed E-state index contributed by atoms with van der Waals surface area (Å²) in [6, 6.07) is 8.05. The molecule has 1 aromatic heterocycles. The van der Waals surface area contributed by atoms with Crippen molar-refractivity contribution in [3.05, 3.63) is 36.2 Å². The first-order chi connectivity index (χ1) is 8.81. The molecule has 0 radical (unpaired) electrons. The fourth-order valence-corrected chi connectivity index (χ4v) is 1.74. The number of hydrogen-bond acceptors (Lipinski definition) is 4. The van der Waals surface area contributed by atoms with Gasteiger partial charge in [-0.2, -0.15) is 0 Å². The molecule has 1 aliphatic rings. The third-order valence-electron chi connectivity index (χ3n) is 2.86. The van der Waals surface area contributed by atoms with Gasteiger partial charge < -0.3 is 5.32 Å². The number of carbonyl (C=O) groups is 1. The minimum Gasteiger partial charge on any atom is -0.353 e. The van der Waals surface area contributed by atoms with Crippen LogP contribution in [0.15, 0.2) is 30.6 Å². The van der Waals surface area contributed by atoms with E-state index < -0.39 is 0 Å². The van der Waals surface area contributed by atoms with Gasteiger partial charge in [-0.15, -0.1) is 5.10 Å². The van der Waals surface area contributed by atoms with Crippen molar-refractivity contribution in [3.8, 4) is 5.69 Å². The third-order valence-corrected chi connectivity index (χ3v) is 2.86. The minimum absolute atomic E-state index is 0.0904. The van der Waals surface area contributed by atoms with Crippen molar-refractivity contribution in [2.24, 2.45) is 0 Å². The number of nitrogens with zero attached hydrogens (tertiary/aromatic N) is 4. The predicted molar refractivity (Wildman–Crippen MR) is 64.0 cm³/mol. The lowest BCUT2D eigenvalue weighted by Crippen LogP contribution is -2.26. The maximum absolute atomic E-state index is 11.6. The lowest BCUT2D eigenvalue weighted by Gasteiger charge is -2.04. The van der Waals surface area contributed by atoms with Gasteiger partial charge in [0.1, 0.15) is 6.33 Å². The first-order valence-corrected chi connectivity index (χ1v) is 5.93. The Balaban J connectivity index is 1.65. The molecule has 1 N–H and O–H groups in total. The van der Waals surface area contributed by atoms with E-state index in [-0.39, 0.29) is 5.91 Å². The summed E-state index contributed by atoms with van der Waals surface area (Å²) in [5.41, 5.74) is 1.87. The molecule has 6 heteroatoms. The van der Waals surface area contributed by atoms with Gasteiger partial charge in [-0.25, -0.2) is 4.68 Å². The molecule has 18 heavy (non-hydrogen) atoms. The average Bonchev–Trinajstić information content (AvgIpc) is 3.01. The van der Waals surface area contributed by atoms with Crippen LogP contribution >= 0.6 is 0 Å². The van der Waals surface area contributed by atoms with Crippen LogP contribution in [0, 0.1) is 0 Å². The van der Waals surface area contributed by atoms with Crippen LogP contribution < -0.4 is 5.32 Å². The van der Waals surface area contributed by atoms with E-state index in [0.717, 1.165) is 24.1 Å². The number of carbonyl (C=O) groups excluding carboxylic acids is 1. The minimum atomic E-state index is 0.0904. The Morgan fingerprint density at radius 3 is 2.72 bits per heavy atom. The van der Waals surface area contributed by atoms with Gasteiger partial charge in [-0.3, -0.25) is 4.79 Å². The maximum Gasteiger partial charge on any atom is 0.224 e. The molecule has 0 aliphatic heterocycles. The lowest BCUT2D eigenvalue weighted by atomic mass is 10.1. The zero-order valence-electron chi connectivity index (χ0n) is 9.78. The van der Waals surface area contributed by atoms with Gasteiger partial charge in [0.05, 0.1) is 12.1 Å². The highest BCUT2D eigenvalue weighted by atomic mass is 16.1. The van der Waals surface area contributed by atoms with E-state index >= 15 is 0 Å². The van der Waals surface area contributed by atoms with Crippen molar-refractivity contribution in [2.45, 2.75) is 25.3 Å². The van der Waals surface area contributed by atoms with E-state index in [0.29, 0.717) is 12.5 Å². The van der Waals surface area contributed by atoms with E-state index in [9.17, 15) is 4.79 Å². The summed E-state index contributed by atoms with van der Waals surface area (Å²) in [4.78, 5) is 11.6. The molecule has 1 heterocycles. The second-order valence-electron chi connectivity index (χ2n) is 4.44. The zero-order chi connectivity index (χ0) is 12.4. The monoisotopic (exact) mass is 243 g/mol. The summed E-state index contributed by atoms with van der Waals surface area (Å²) < 4.78 is 1.58. The second kappa shape index (κ2) is 4.56. The van der Waals surface area contributed by atoms with Crippen molar-refractivity contribution in [2.75, 3.05) is 0 Å². The molecule has 0 bridgehead atoms. The summed E-state index contributed by atoms with van der Waals surface area (Å²) in [7, 11) is 0. The second-order valence-corrected chi connectivity index (χ2v) is 4.44. The average molecular weight is 243 g/mol. The molecular weight excluding hydrogens is 230 g/mol. The highest BCUT2D eigenvalue weighted by Gasteiger charge is 2.22. The summed E-state index contributed by atoms with van der Waals surface area (Å²) >= 11 is 0. The number of rotatable bonds is 4. The maximum atomic E-state index is 11.6. The van der Waals surface area contributed by atoms with Crippen molar-refractivity contribution >= 4 is 5.91 Å². The molecule has 0 atom stereocenters. The summed E-state index contributed by atoms with van der Waals surface area (Å²) in [5.74, 6) is 0.0904. The summed E-state index contributed by atoms with van der Waals surface area (Å²) in [6.07, 6.45) is 4.19. The standard InChI is InChI=1S/C12H13N5O/c18-12(14-10-3-4-10)7-9-1-5-11(6-2-9)17-8-13-15-16-17/h1-2,5-6,8,10H,3-4,7H2,(H,14,18). The Kier molecular flexibility index (Phi) is 2.76. The zero-order valence-corrected chi connectivity index (χ0v) is 9.78. The largest absolute Gasteiger partial charge is 0.353 e. The van der Waals surface area contributed by atoms with Crippen LogP contribution in [0.4, 0.5) is 0 Å². The Morgan fingerprint density at radius 2 is 2.11 bits per heavy atom. The van der Waals surface area contributed by atoms with Crippen LogP contribution in [0.3, 0.4) is 0 Å². The Morgan fingerprint density at radius 1 is 1.33 bits per heavy atom. The summed E-state index contributed by atoms with van der Waals surface area (Å²) in [5, 5.41) is 13.9. The molecular formula is C12H13N5O. The molecule has 1 aliphatic carbocycles. The molecule has 2 aromatic rings. The number of hydrogen-bond donors (Lipinski definition) is 1.